The number of carbonyl (C=O) groups is 2. The summed E-state index contributed by atoms with van der Waals surface area (Å²) in [6, 6.07) is 0.967. The van der Waals surface area contributed by atoms with Crippen LogP contribution in [0.15, 0.2) is 15.7 Å². The van der Waals surface area contributed by atoms with Crippen molar-refractivity contribution in [3.8, 4) is 0 Å². The number of amides is 1. The monoisotopic (exact) mass is 332 g/mol. The highest BCUT2D eigenvalue weighted by Crippen LogP contribution is 2.26. The summed E-state index contributed by atoms with van der Waals surface area (Å²) >= 11 is 0.896. The van der Waals surface area contributed by atoms with Crippen molar-refractivity contribution < 1.29 is 23.1 Å². The molecule has 2 heterocycles. The second-order valence-electron chi connectivity index (χ2n) is 4.86. The van der Waals surface area contributed by atoms with E-state index >= 15 is 0 Å². The Kier molecular flexibility index (Phi) is 4.64. The van der Waals surface area contributed by atoms with E-state index in [1.165, 1.54) is 22.7 Å². The summed E-state index contributed by atoms with van der Waals surface area (Å²) in [4.78, 5) is 21.9. The van der Waals surface area contributed by atoms with Crippen molar-refractivity contribution in [3.05, 3.63) is 17.0 Å². The lowest BCUT2D eigenvalue weighted by Gasteiger charge is -2.31. The van der Waals surface area contributed by atoms with Gasteiger partial charge >= 0.3 is 5.97 Å². The number of nitrogens with zero attached hydrogens (tertiary/aromatic N) is 1. The van der Waals surface area contributed by atoms with Crippen LogP contribution < -0.4 is 5.32 Å². The van der Waals surface area contributed by atoms with Crippen molar-refractivity contribution in [2.45, 2.75) is 30.0 Å². The van der Waals surface area contributed by atoms with Crippen LogP contribution in [0.3, 0.4) is 0 Å². The Morgan fingerprint density at radius 1 is 1.48 bits per heavy atom. The van der Waals surface area contributed by atoms with Gasteiger partial charge in [-0.3, -0.25) is 4.79 Å². The SMILES string of the molecule is CC(=O)NC1CCCN(S(=O)(=O)c2cc(C(=O)O)cs2)C1. The van der Waals surface area contributed by atoms with Crippen molar-refractivity contribution >= 4 is 33.2 Å². The van der Waals surface area contributed by atoms with E-state index in [9.17, 15) is 18.0 Å². The van der Waals surface area contributed by atoms with Gasteiger partial charge in [0.2, 0.25) is 5.91 Å². The molecule has 0 spiro atoms. The minimum absolute atomic E-state index is 0.0170. The van der Waals surface area contributed by atoms with Crippen molar-refractivity contribution in [3.63, 3.8) is 0 Å². The van der Waals surface area contributed by atoms with Crippen molar-refractivity contribution in [2.24, 2.45) is 0 Å². The van der Waals surface area contributed by atoms with Crippen LogP contribution in [0.5, 0.6) is 0 Å². The number of carbonyl (C=O) groups excluding carboxylic acids is 1. The molecule has 0 saturated carbocycles. The number of piperidine rings is 1. The first-order valence-corrected chi connectivity index (χ1v) is 8.72. The smallest absolute Gasteiger partial charge is 0.336 e. The minimum atomic E-state index is -3.71. The summed E-state index contributed by atoms with van der Waals surface area (Å²) in [6.45, 7) is 1.98. The minimum Gasteiger partial charge on any atom is -0.478 e. The van der Waals surface area contributed by atoms with E-state index in [1.807, 2.05) is 0 Å². The lowest BCUT2D eigenvalue weighted by atomic mass is 10.1. The third-order valence-corrected chi connectivity index (χ3v) is 6.49. The summed E-state index contributed by atoms with van der Waals surface area (Å²) in [5.41, 5.74) is -0.0333. The van der Waals surface area contributed by atoms with E-state index in [-0.39, 0.29) is 28.3 Å². The fourth-order valence-electron chi connectivity index (χ4n) is 2.26. The third kappa shape index (κ3) is 3.60. The molecular formula is C12H16N2O5S2. The number of hydrogen-bond acceptors (Lipinski definition) is 5. The fraction of sp³-hybridized carbons (Fsp3) is 0.500. The van der Waals surface area contributed by atoms with Gasteiger partial charge in [0.05, 0.1) is 5.56 Å². The van der Waals surface area contributed by atoms with E-state index in [1.54, 1.807) is 0 Å². The van der Waals surface area contributed by atoms with Crippen molar-refractivity contribution in [1.29, 1.82) is 0 Å². The summed E-state index contributed by atoms with van der Waals surface area (Å²) in [5.74, 6) is -1.34. The Hall–Kier alpha value is -1.45. The molecule has 0 radical (unpaired) electrons. The van der Waals surface area contributed by atoms with Crippen LogP contribution in [-0.2, 0) is 14.8 Å². The fourth-order valence-corrected chi connectivity index (χ4v) is 5.09. The standard InChI is InChI=1S/C12H16N2O5S2/c1-8(15)13-10-3-2-4-14(6-10)21(18,19)11-5-9(7-20-11)12(16)17/h5,7,10H,2-4,6H2,1H3,(H,13,15)(H,16,17). The lowest BCUT2D eigenvalue weighted by molar-refractivity contribution is -0.119. The van der Waals surface area contributed by atoms with Crippen LogP contribution in [0.1, 0.15) is 30.1 Å². The van der Waals surface area contributed by atoms with E-state index < -0.39 is 16.0 Å². The van der Waals surface area contributed by atoms with Gasteiger partial charge in [0.25, 0.3) is 10.0 Å². The van der Waals surface area contributed by atoms with Gasteiger partial charge in [0.1, 0.15) is 4.21 Å². The molecule has 2 rings (SSSR count). The Balaban J connectivity index is 2.18. The number of carboxylic acid groups (broad SMARTS) is 1. The highest BCUT2D eigenvalue weighted by Gasteiger charge is 2.31. The molecule has 1 aromatic heterocycles. The molecule has 1 fully saturated rings. The van der Waals surface area contributed by atoms with Crippen LogP contribution in [-0.4, -0.2) is 48.8 Å². The maximum Gasteiger partial charge on any atom is 0.336 e. The zero-order valence-electron chi connectivity index (χ0n) is 11.4. The Bertz CT molecular complexity index is 652. The number of hydrogen-bond donors (Lipinski definition) is 2. The van der Waals surface area contributed by atoms with Gasteiger partial charge in [-0.25, -0.2) is 13.2 Å². The molecule has 1 aliphatic heterocycles. The molecule has 7 nitrogen and oxygen atoms in total. The number of nitrogens with one attached hydrogen (secondary N) is 1. The number of rotatable bonds is 4. The number of thiophene rings is 1. The van der Waals surface area contributed by atoms with Gasteiger partial charge in [-0.1, -0.05) is 0 Å². The van der Waals surface area contributed by atoms with Gasteiger partial charge in [0, 0.05) is 31.4 Å². The summed E-state index contributed by atoms with van der Waals surface area (Å²) in [6.07, 6.45) is 1.39. The molecule has 1 aromatic rings. The first-order chi connectivity index (χ1) is 9.80. The highest BCUT2D eigenvalue weighted by atomic mass is 32.2. The molecule has 21 heavy (non-hydrogen) atoms. The molecule has 1 aliphatic rings. The zero-order chi connectivity index (χ0) is 15.6. The molecule has 2 N–H and O–H groups in total. The quantitative estimate of drug-likeness (QED) is 0.846. The van der Waals surface area contributed by atoms with Gasteiger partial charge in [-0.05, 0) is 18.9 Å². The van der Waals surface area contributed by atoms with E-state index in [4.69, 9.17) is 5.11 Å². The summed E-state index contributed by atoms with van der Waals surface area (Å²) in [7, 11) is -3.71. The molecule has 0 aliphatic carbocycles. The largest absolute Gasteiger partial charge is 0.478 e. The van der Waals surface area contributed by atoms with Crippen LogP contribution in [0.25, 0.3) is 0 Å². The number of aromatic carboxylic acids is 1. The third-order valence-electron chi connectivity index (χ3n) is 3.21. The normalized spacial score (nSPS) is 20.1. The first kappa shape index (κ1) is 15.9. The predicted molar refractivity (Wildman–Crippen MR) is 76.9 cm³/mol. The van der Waals surface area contributed by atoms with Crippen LogP contribution in [0.2, 0.25) is 0 Å². The summed E-state index contributed by atoms with van der Waals surface area (Å²) < 4.78 is 26.3. The first-order valence-electron chi connectivity index (χ1n) is 6.40. The Labute approximate surface area is 126 Å². The topological polar surface area (TPSA) is 104 Å². The lowest BCUT2D eigenvalue weighted by Crippen LogP contribution is -2.48. The molecule has 0 bridgehead atoms. The Morgan fingerprint density at radius 2 is 2.19 bits per heavy atom. The van der Waals surface area contributed by atoms with Crippen LogP contribution in [0, 0.1) is 0 Å². The molecular weight excluding hydrogens is 316 g/mol. The average Bonchev–Trinajstić information content (AvgIpc) is 2.88. The molecule has 1 amide bonds. The Morgan fingerprint density at radius 3 is 2.76 bits per heavy atom. The maximum atomic E-state index is 12.5. The van der Waals surface area contributed by atoms with Gasteiger partial charge in [-0.2, -0.15) is 4.31 Å². The average molecular weight is 332 g/mol. The number of carboxylic acids is 1. The predicted octanol–water partition coefficient (Wildman–Crippen LogP) is 0.736. The zero-order valence-corrected chi connectivity index (χ0v) is 13.0. The van der Waals surface area contributed by atoms with E-state index in [2.05, 4.69) is 5.32 Å². The molecule has 116 valence electrons. The van der Waals surface area contributed by atoms with Gasteiger partial charge in [-0.15, -0.1) is 11.3 Å². The molecule has 9 heteroatoms. The molecule has 1 saturated heterocycles. The molecule has 1 unspecified atom stereocenters. The second kappa shape index (κ2) is 6.12. The van der Waals surface area contributed by atoms with E-state index in [0.29, 0.717) is 13.0 Å². The van der Waals surface area contributed by atoms with Crippen LogP contribution in [0.4, 0.5) is 0 Å². The molecule has 0 aromatic carbocycles. The van der Waals surface area contributed by atoms with E-state index in [0.717, 1.165) is 17.8 Å². The number of sulfonamides is 1. The molecule has 1 atom stereocenters. The van der Waals surface area contributed by atoms with Crippen molar-refractivity contribution in [2.75, 3.05) is 13.1 Å². The highest BCUT2D eigenvalue weighted by molar-refractivity contribution is 7.91. The van der Waals surface area contributed by atoms with Gasteiger partial charge in [0.15, 0.2) is 0 Å². The van der Waals surface area contributed by atoms with Gasteiger partial charge < -0.3 is 10.4 Å². The second-order valence-corrected chi connectivity index (χ2v) is 7.94. The maximum absolute atomic E-state index is 12.5. The summed E-state index contributed by atoms with van der Waals surface area (Å²) in [5, 5.41) is 12.9. The van der Waals surface area contributed by atoms with Crippen molar-refractivity contribution in [1.82, 2.24) is 9.62 Å². The van der Waals surface area contributed by atoms with Crippen LogP contribution >= 0.6 is 11.3 Å².